The predicted octanol–water partition coefficient (Wildman–Crippen LogP) is 2.13. The molecule has 2 N–H and O–H groups in total. The zero-order valence-electron chi connectivity index (χ0n) is 13.3. The van der Waals surface area contributed by atoms with Gasteiger partial charge in [-0.15, -0.1) is 21.5 Å². The fourth-order valence-electron chi connectivity index (χ4n) is 2.84. The Bertz CT molecular complexity index is 738. The summed E-state index contributed by atoms with van der Waals surface area (Å²) in [6.45, 7) is 1.51. The molecule has 0 saturated heterocycles. The Morgan fingerprint density at radius 3 is 2.83 bits per heavy atom. The standard InChI is InChI=1S/C16H20N4O3S/c21-15(11-7-8-12(24-11)16(22)23)17-9-4-6-14-19-18-13-5-2-1-3-10-20(13)14/h7-8H,1-6,9-10H2,(H,17,21)(H,22,23). The number of hydrogen-bond donors (Lipinski definition) is 2. The largest absolute Gasteiger partial charge is 0.477 e. The first-order chi connectivity index (χ1) is 11.6. The van der Waals surface area contributed by atoms with Crippen LogP contribution in [0, 0.1) is 0 Å². The first-order valence-corrected chi connectivity index (χ1v) is 8.99. The number of amides is 1. The molecule has 0 atom stereocenters. The molecule has 1 aliphatic heterocycles. The summed E-state index contributed by atoms with van der Waals surface area (Å²) in [4.78, 5) is 23.4. The monoisotopic (exact) mass is 348 g/mol. The highest BCUT2D eigenvalue weighted by Crippen LogP contribution is 2.17. The minimum Gasteiger partial charge on any atom is -0.477 e. The van der Waals surface area contributed by atoms with Crippen LogP contribution in [0.2, 0.25) is 0 Å². The first-order valence-electron chi connectivity index (χ1n) is 8.17. The van der Waals surface area contributed by atoms with Crippen molar-refractivity contribution >= 4 is 23.2 Å². The number of carboxylic acid groups (broad SMARTS) is 1. The van der Waals surface area contributed by atoms with Gasteiger partial charge in [-0.3, -0.25) is 4.79 Å². The van der Waals surface area contributed by atoms with Crippen LogP contribution in [0.1, 0.15) is 56.7 Å². The Morgan fingerprint density at radius 1 is 1.21 bits per heavy atom. The van der Waals surface area contributed by atoms with E-state index in [2.05, 4.69) is 20.1 Å². The van der Waals surface area contributed by atoms with Gasteiger partial charge < -0.3 is 15.0 Å². The van der Waals surface area contributed by atoms with Crippen LogP contribution in [-0.4, -0.2) is 38.3 Å². The molecule has 2 aromatic heterocycles. The maximum atomic E-state index is 12.0. The number of carbonyl (C=O) groups excluding carboxylic acids is 1. The maximum Gasteiger partial charge on any atom is 0.345 e. The number of carbonyl (C=O) groups is 2. The summed E-state index contributed by atoms with van der Waals surface area (Å²) in [7, 11) is 0. The van der Waals surface area contributed by atoms with E-state index >= 15 is 0 Å². The van der Waals surface area contributed by atoms with Gasteiger partial charge >= 0.3 is 5.97 Å². The van der Waals surface area contributed by atoms with E-state index in [9.17, 15) is 9.59 Å². The lowest BCUT2D eigenvalue weighted by atomic mass is 10.2. The predicted molar refractivity (Wildman–Crippen MR) is 89.5 cm³/mol. The van der Waals surface area contributed by atoms with Crippen molar-refractivity contribution in [3.8, 4) is 0 Å². The summed E-state index contributed by atoms with van der Waals surface area (Å²) in [6.07, 6.45) is 6.12. The van der Waals surface area contributed by atoms with Gasteiger partial charge in [0.25, 0.3) is 5.91 Å². The number of fused-ring (bicyclic) bond motifs is 1. The molecular formula is C16H20N4O3S. The summed E-state index contributed by atoms with van der Waals surface area (Å²) in [5, 5.41) is 20.3. The normalized spacial score (nSPS) is 14.0. The van der Waals surface area contributed by atoms with Gasteiger partial charge in [0, 0.05) is 25.9 Å². The summed E-state index contributed by atoms with van der Waals surface area (Å²) in [6, 6.07) is 3.00. The van der Waals surface area contributed by atoms with Crippen LogP contribution >= 0.6 is 11.3 Å². The van der Waals surface area contributed by atoms with Crippen LogP contribution in [0.25, 0.3) is 0 Å². The molecule has 8 heteroatoms. The van der Waals surface area contributed by atoms with Gasteiger partial charge in [0.1, 0.15) is 16.5 Å². The minimum absolute atomic E-state index is 0.173. The maximum absolute atomic E-state index is 12.0. The van der Waals surface area contributed by atoms with Crippen molar-refractivity contribution < 1.29 is 14.7 Å². The van der Waals surface area contributed by atoms with Crippen molar-refractivity contribution in [1.29, 1.82) is 0 Å². The molecule has 0 fully saturated rings. The molecule has 0 saturated carbocycles. The number of rotatable bonds is 6. The average Bonchev–Trinajstić information content (AvgIpc) is 3.14. The molecule has 2 aromatic rings. The topological polar surface area (TPSA) is 97.1 Å². The summed E-state index contributed by atoms with van der Waals surface area (Å²) >= 11 is 0.988. The highest BCUT2D eigenvalue weighted by Gasteiger charge is 2.15. The Labute approximate surface area is 143 Å². The molecule has 0 radical (unpaired) electrons. The lowest BCUT2D eigenvalue weighted by molar-refractivity contribution is 0.0702. The van der Waals surface area contributed by atoms with E-state index in [1.54, 1.807) is 6.07 Å². The van der Waals surface area contributed by atoms with Crippen LogP contribution in [0.5, 0.6) is 0 Å². The van der Waals surface area contributed by atoms with E-state index in [1.807, 2.05) is 0 Å². The van der Waals surface area contributed by atoms with Gasteiger partial charge in [-0.05, 0) is 31.4 Å². The Kier molecular flexibility index (Phi) is 5.24. The van der Waals surface area contributed by atoms with E-state index in [1.165, 1.54) is 25.3 Å². The third kappa shape index (κ3) is 3.81. The van der Waals surface area contributed by atoms with Crippen LogP contribution in [0.15, 0.2) is 12.1 Å². The van der Waals surface area contributed by atoms with Crippen molar-refractivity contribution in [3.63, 3.8) is 0 Å². The molecule has 0 spiro atoms. The molecule has 0 unspecified atom stereocenters. The lowest BCUT2D eigenvalue weighted by Gasteiger charge is -2.07. The minimum atomic E-state index is -1.01. The van der Waals surface area contributed by atoms with E-state index in [-0.39, 0.29) is 10.8 Å². The van der Waals surface area contributed by atoms with E-state index in [0.29, 0.717) is 11.4 Å². The second-order valence-corrected chi connectivity index (χ2v) is 6.91. The molecule has 128 valence electrons. The molecule has 3 rings (SSSR count). The van der Waals surface area contributed by atoms with Gasteiger partial charge in [0.05, 0.1) is 4.88 Å². The van der Waals surface area contributed by atoms with Crippen molar-refractivity contribution in [1.82, 2.24) is 20.1 Å². The second kappa shape index (κ2) is 7.57. The first kappa shape index (κ1) is 16.6. The van der Waals surface area contributed by atoms with Gasteiger partial charge in [-0.1, -0.05) is 6.42 Å². The molecule has 0 aliphatic carbocycles. The zero-order chi connectivity index (χ0) is 16.9. The van der Waals surface area contributed by atoms with Crippen LogP contribution in [0.4, 0.5) is 0 Å². The number of thiophene rings is 1. The van der Waals surface area contributed by atoms with Gasteiger partial charge in [0.2, 0.25) is 0 Å². The zero-order valence-corrected chi connectivity index (χ0v) is 14.1. The van der Waals surface area contributed by atoms with Crippen molar-refractivity contribution in [3.05, 3.63) is 33.5 Å². The van der Waals surface area contributed by atoms with Gasteiger partial charge in [-0.2, -0.15) is 0 Å². The quantitative estimate of drug-likeness (QED) is 0.780. The summed E-state index contributed by atoms with van der Waals surface area (Å²) in [5.74, 6) is 0.830. The molecule has 3 heterocycles. The highest BCUT2D eigenvalue weighted by atomic mass is 32.1. The van der Waals surface area contributed by atoms with E-state index in [0.717, 1.165) is 48.8 Å². The Morgan fingerprint density at radius 2 is 2.04 bits per heavy atom. The van der Waals surface area contributed by atoms with E-state index < -0.39 is 5.97 Å². The number of nitrogens with one attached hydrogen (secondary N) is 1. The fourth-order valence-corrected chi connectivity index (χ4v) is 3.60. The molecule has 24 heavy (non-hydrogen) atoms. The lowest BCUT2D eigenvalue weighted by Crippen LogP contribution is -2.24. The third-order valence-corrected chi connectivity index (χ3v) is 5.16. The molecule has 0 bridgehead atoms. The van der Waals surface area contributed by atoms with Gasteiger partial charge in [0.15, 0.2) is 0 Å². The van der Waals surface area contributed by atoms with Crippen LogP contribution < -0.4 is 5.32 Å². The number of hydrogen-bond acceptors (Lipinski definition) is 5. The Hall–Kier alpha value is -2.22. The number of aromatic carboxylic acids is 1. The number of carboxylic acids is 1. The molecule has 1 amide bonds. The summed E-state index contributed by atoms with van der Waals surface area (Å²) in [5.41, 5.74) is 0. The number of nitrogens with zero attached hydrogens (tertiary/aromatic N) is 3. The van der Waals surface area contributed by atoms with Crippen molar-refractivity contribution in [2.75, 3.05) is 6.54 Å². The van der Waals surface area contributed by atoms with Gasteiger partial charge in [-0.25, -0.2) is 4.79 Å². The van der Waals surface area contributed by atoms with Crippen LogP contribution in [-0.2, 0) is 19.4 Å². The number of aryl methyl sites for hydroxylation is 2. The Balaban J connectivity index is 1.47. The highest BCUT2D eigenvalue weighted by molar-refractivity contribution is 7.15. The fraction of sp³-hybridized carbons (Fsp3) is 0.500. The van der Waals surface area contributed by atoms with Crippen LogP contribution in [0.3, 0.4) is 0 Å². The second-order valence-electron chi connectivity index (χ2n) is 5.82. The molecule has 7 nitrogen and oxygen atoms in total. The summed E-state index contributed by atoms with van der Waals surface area (Å²) < 4.78 is 2.22. The molecular weight excluding hydrogens is 328 g/mol. The SMILES string of the molecule is O=C(O)c1ccc(C(=O)NCCCc2nnc3n2CCCCC3)s1. The smallest absolute Gasteiger partial charge is 0.345 e. The van der Waals surface area contributed by atoms with Crippen molar-refractivity contribution in [2.45, 2.75) is 45.1 Å². The molecule has 0 aromatic carbocycles. The average molecular weight is 348 g/mol. The van der Waals surface area contributed by atoms with Crippen molar-refractivity contribution in [2.24, 2.45) is 0 Å². The molecule has 1 aliphatic rings. The van der Waals surface area contributed by atoms with E-state index in [4.69, 9.17) is 5.11 Å². The number of aromatic nitrogens is 3. The third-order valence-electron chi connectivity index (χ3n) is 4.09.